The van der Waals surface area contributed by atoms with Gasteiger partial charge in [-0.2, -0.15) is 0 Å². The van der Waals surface area contributed by atoms with E-state index in [2.05, 4.69) is 10.3 Å². The monoisotopic (exact) mass is 265 g/mol. The Morgan fingerprint density at radius 3 is 2.74 bits per heavy atom. The van der Waals surface area contributed by atoms with Crippen LogP contribution in [0.5, 0.6) is 5.88 Å². The van der Waals surface area contributed by atoms with Gasteiger partial charge in [0.1, 0.15) is 0 Å². The van der Waals surface area contributed by atoms with Gasteiger partial charge < -0.3 is 15.8 Å². The molecule has 3 N–H and O–H groups in total. The van der Waals surface area contributed by atoms with E-state index in [-0.39, 0.29) is 5.91 Å². The van der Waals surface area contributed by atoms with Gasteiger partial charge in [0.15, 0.2) is 0 Å². The lowest BCUT2D eigenvalue weighted by Crippen LogP contribution is -2.22. The average molecular weight is 265 g/mol. The minimum Gasteiger partial charge on any atom is -0.481 e. The van der Waals surface area contributed by atoms with Crippen molar-refractivity contribution < 1.29 is 9.53 Å². The Bertz CT molecular complexity index is 365. The number of carbonyl (C=O) groups excluding carboxylic acids is 1. The Kier molecular flexibility index (Phi) is 7.58. The second-order valence-electron chi connectivity index (χ2n) is 4.44. The number of methoxy groups -OCH3 is 1. The first-order chi connectivity index (χ1) is 9.26. The van der Waals surface area contributed by atoms with Gasteiger partial charge in [-0.05, 0) is 24.9 Å². The van der Waals surface area contributed by atoms with Crippen molar-refractivity contribution in [3.05, 3.63) is 23.9 Å². The largest absolute Gasteiger partial charge is 0.481 e. The van der Waals surface area contributed by atoms with Gasteiger partial charge in [0.25, 0.3) is 0 Å². The van der Waals surface area contributed by atoms with Crippen molar-refractivity contribution in [3.8, 4) is 5.88 Å². The molecule has 5 heteroatoms. The van der Waals surface area contributed by atoms with E-state index in [4.69, 9.17) is 10.5 Å². The molecule has 1 aromatic heterocycles. The lowest BCUT2D eigenvalue weighted by Gasteiger charge is -2.06. The highest BCUT2D eigenvalue weighted by molar-refractivity contribution is 5.75. The summed E-state index contributed by atoms with van der Waals surface area (Å²) in [4.78, 5) is 15.7. The zero-order valence-electron chi connectivity index (χ0n) is 11.5. The fourth-order valence-corrected chi connectivity index (χ4v) is 1.71. The van der Waals surface area contributed by atoms with E-state index in [1.807, 2.05) is 6.07 Å². The van der Waals surface area contributed by atoms with Crippen LogP contribution in [0.25, 0.3) is 0 Å². The molecule has 0 aliphatic heterocycles. The van der Waals surface area contributed by atoms with Crippen LogP contribution >= 0.6 is 0 Å². The number of ether oxygens (including phenoxy) is 1. The first-order valence-electron chi connectivity index (χ1n) is 6.72. The van der Waals surface area contributed by atoms with E-state index >= 15 is 0 Å². The van der Waals surface area contributed by atoms with Gasteiger partial charge in [-0.3, -0.25) is 4.79 Å². The maximum atomic E-state index is 11.6. The summed E-state index contributed by atoms with van der Waals surface area (Å²) in [5.74, 6) is 0.665. The molecule has 106 valence electrons. The third-order valence-corrected chi connectivity index (χ3v) is 2.85. The van der Waals surface area contributed by atoms with E-state index in [0.29, 0.717) is 18.8 Å². The number of pyridine rings is 1. The number of rotatable bonds is 9. The quantitative estimate of drug-likeness (QED) is 0.665. The minimum absolute atomic E-state index is 0.0866. The van der Waals surface area contributed by atoms with Gasteiger partial charge in [0.2, 0.25) is 11.8 Å². The maximum absolute atomic E-state index is 11.6. The SMILES string of the molecule is COc1ccc(CNC(=O)CCCCCCN)cn1. The predicted molar refractivity (Wildman–Crippen MR) is 74.8 cm³/mol. The molecule has 5 nitrogen and oxygen atoms in total. The summed E-state index contributed by atoms with van der Waals surface area (Å²) in [5, 5.41) is 2.88. The normalized spacial score (nSPS) is 10.2. The first-order valence-corrected chi connectivity index (χ1v) is 6.72. The van der Waals surface area contributed by atoms with Gasteiger partial charge in [-0.25, -0.2) is 4.98 Å². The number of nitrogens with two attached hydrogens (primary N) is 1. The molecule has 0 bridgehead atoms. The lowest BCUT2D eigenvalue weighted by atomic mass is 10.1. The summed E-state index contributed by atoms with van der Waals surface area (Å²) in [6, 6.07) is 3.68. The van der Waals surface area contributed by atoms with Crippen LogP contribution in [0.15, 0.2) is 18.3 Å². The van der Waals surface area contributed by atoms with Crippen LogP contribution in [0.2, 0.25) is 0 Å². The van der Waals surface area contributed by atoms with Crippen molar-refractivity contribution in [2.75, 3.05) is 13.7 Å². The lowest BCUT2D eigenvalue weighted by molar-refractivity contribution is -0.121. The molecule has 0 aliphatic carbocycles. The van der Waals surface area contributed by atoms with Gasteiger partial charge in [0, 0.05) is 25.2 Å². The number of hydrogen-bond donors (Lipinski definition) is 2. The van der Waals surface area contributed by atoms with Gasteiger partial charge in [0.05, 0.1) is 7.11 Å². The smallest absolute Gasteiger partial charge is 0.220 e. The van der Waals surface area contributed by atoms with Crippen LogP contribution < -0.4 is 15.8 Å². The van der Waals surface area contributed by atoms with Gasteiger partial charge in [-0.1, -0.05) is 18.9 Å². The summed E-state index contributed by atoms with van der Waals surface area (Å²) in [7, 11) is 1.58. The van der Waals surface area contributed by atoms with E-state index < -0.39 is 0 Å². The zero-order valence-corrected chi connectivity index (χ0v) is 11.5. The van der Waals surface area contributed by atoms with Crippen LogP contribution in [0.4, 0.5) is 0 Å². The average Bonchev–Trinajstić information content (AvgIpc) is 2.45. The molecule has 0 saturated heterocycles. The molecule has 0 spiro atoms. The van der Waals surface area contributed by atoms with Crippen LogP contribution in [0.1, 0.15) is 37.7 Å². The summed E-state index contributed by atoms with van der Waals surface area (Å²) < 4.78 is 4.97. The zero-order chi connectivity index (χ0) is 13.9. The summed E-state index contributed by atoms with van der Waals surface area (Å²) in [5.41, 5.74) is 6.38. The summed E-state index contributed by atoms with van der Waals surface area (Å²) in [6.45, 7) is 1.25. The molecule has 0 fully saturated rings. The molecule has 1 rings (SSSR count). The number of nitrogens with one attached hydrogen (secondary N) is 1. The Morgan fingerprint density at radius 2 is 2.11 bits per heavy atom. The third-order valence-electron chi connectivity index (χ3n) is 2.85. The summed E-state index contributed by atoms with van der Waals surface area (Å²) >= 11 is 0. The molecule has 19 heavy (non-hydrogen) atoms. The number of amides is 1. The second-order valence-corrected chi connectivity index (χ2v) is 4.44. The fraction of sp³-hybridized carbons (Fsp3) is 0.571. The minimum atomic E-state index is 0.0866. The van der Waals surface area contributed by atoms with Crippen molar-refractivity contribution in [1.82, 2.24) is 10.3 Å². The van der Waals surface area contributed by atoms with Crippen molar-refractivity contribution in [2.24, 2.45) is 5.73 Å². The topological polar surface area (TPSA) is 77.2 Å². The highest BCUT2D eigenvalue weighted by atomic mass is 16.5. The fourth-order valence-electron chi connectivity index (χ4n) is 1.71. The van der Waals surface area contributed by atoms with Crippen LogP contribution in [-0.4, -0.2) is 24.5 Å². The molecule has 0 saturated carbocycles. The number of unbranched alkanes of at least 4 members (excludes halogenated alkanes) is 3. The van der Waals surface area contributed by atoms with Gasteiger partial charge >= 0.3 is 0 Å². The number of nitrogens with zero attached hydrogens (tertiary/aromatic N) is 1. The molecule has 0 unspecified atom stereocenters. The second kappa shape index (κ2) is 9.33. The number of hydrogen-bond acceptors (Lipinski definition) is 4. The highest BCUT2D eigenvalue weighted by Gasteiger charge is 2.02. The van der Waals surface area contributed by atoms with Crippen molar-refractivity contribution in [1.29, 1.82) is 0 Å². The Morgan fingerprint density at radius 1 is 1.32 bits per heavy atom. The molecule has 0 radical (unpaired) electrons. The molecule has 1 aromatic rings. The van der Waals surface area contributed by atoms with Crippen LogP contribution in [0.3, 0.4) is 0 Å². The van der Waals surface area contributed by atoms with Crippen molar-refractivity contribution in [2.45, 2.75) is 38.6 Å². The Labute approximate surface area is 114 Å². The van der Waals surface area contributed by atoms with Crippen molar-refractivity contribution in [3.63, 3.8) is 0 Å². The van der Waals surface area contributed by atoms with E-state index in [0.717, 1.165) is 37.8 Å². The Balaban J connectivity index is 2.15. The van der Waals surface area contributed by atoms with Crippen LogP contribution in [0, 0.1) is 0 Å². The Hall–Kier alpha value is -1.62. The molecular weight excluding hydrogens is 242 g/mol. The van der Waals surface area contributed by atoms with Gasteiger partial charge in [-0.15, -0.1) is 0 Å². The number of aromatic nitrogens is 1. The molecule has 0 atom stereocenters. The molecule has 1 heterocycles. The van der Waals surface area contributed by atoms with E-state index in [1.54, 1.807) is 19.4 Å². The predicted octanol–water partition coefficient (Wildman–Crippen LogP) is 1.62. The number of carbonyl (C=O) groups is 1. The maximum Gasteiger partial charge on any atom is 0.220 e. The highest BCUT2D eigenvalue weighted by Crippen LogP contribution is 2.06. The molecule has 1 amide bonds. The standard InChI is InChI=1S/C14H23N3O2/c1-19-14-8-7-12(11-17-14)10-16-13(18)6-4-2-3-5-9-15/h7-8,11H,2-6,9-10,15H2,1H3,(H,16,18). The molecule has 0 aliphatic rings. The van der Waals surface area contributed by atoms with Crippen LogP contribution in [-0.2, 0) is 11.3 Å². The molecular formula is C14H23N3O2. The van der Waals surface area contributed by atoms with E-state index in [1.165, 1.54) is 0 Å². The summed E-state index contributed by atoms with van der Waals surface area (Å²) in [6.07, 6.45) is 6.42. The third kappa shape index (κ3) is 6.76. The van der Waals surface area contributed by atoms with Crippen molar-refractivity contribution >= 4 is 5.91 Å². The first kappa shape index (κ1) is 15.4. The van der Waals surface area contributed by atoms with E-state index in [9.17, 15) is 4.79 Å². The molecule has 0 aromatic carbocycles.